The number of methoxy groups -OCH3 is 1. The first-order valence-electron chi connectivity index (χ1n) is 10.8. The Morgan fingerprint density at radius 1 is 1.26 bits per heavy atom. The van der Waals surface area contributed by atoms with E-state index in [-0.39, 0.29) is 17.0 Å². The summed E-state index contributed by atoms with van der Waals surface area (Å²) in [6, 6.07) is 0.228. The molecule has 5 N–H and O–H groups in total. The number of fused-ring (bicyclic) bond motifs is 1. The molecule has 0 bridgehead atoms. The summed E-state index contributed by atoms with van der Waals surface area (Å²) in [4.78, 5) is 27.7. The smallest absolute Gasteiger partial charge is 0.359 e. The third-order valence-electron chi connectivity index (χ3n) is 6.16. The van der Waals surface area contributed by atoms with Crippen LogP contribution in [0.15, 0.2) is 0 Å². The number of aromatic nitrogens is 5. The van der Waals surface area contributed by atoms with Gasteiger partial charge in [0.2, 0.25) is 5.28 Å². The lowest BCUT2D eigenvalue weighted by Gasteiger charge is -2.31. The van der Waals surface area contributed by atoms with E-state index >= 15 is 0 Å². The summed E-state index contributed by atoms with van der Waals surface area (Å²) in [5.41, 5.74) is 0.521. The van der Waals surface area contributed by atoms with Gasteiger partial charge in [-0.05, 0) is 31.4 Å². The van der Waals surface area contributed by atoms with Crippen molar-refractivity contribution < 1.29 is 38.8 Å². The van der Waals surface area contributed by atoms with Crippen LogP contribution in [0, 0.1) is 0 Å². The monoisotopic (exact) mass is 522 g/mol. The van der Waals surface area contributed by atoms with Gasteiger partial charge in [-0.15, -0.1) is 5.10 Å². The lowest BCUT2D eigenvalue weighted by atomic mass is 10.1. The van der Waals surface area contributed by atoms with Crippen molar-refractivity contribution in [3.8, 4) is 0 Å². The molecule has 2 aromatic rings. The molecule has 0 unspecified atom stereocenters. The van der Waals surface area contributed by atoms with Gasteiger partial charge in [-0.3, -0.25) is 4.57 Å². The molecule has 14 nitrogen and oxygen atoms in total. The minimum atomic E-state index is -4.73. The second-order valence-corrected chi connectivity index (χ2v) is 11.1. The first kappa shape index (κ1) is 25.6. The Kier molecular flexibility index (Phi) is 7.44. The SMILES string of the molecule is COC[C@@](C)(OC[C@H]1O[C@@H](n2nnc3c(NC4CCCC4)nc(Cl)nc32)[C@H](O)[C@@H]1O)P(=O)(O)O. The summed E-state index contributed by atoms with van der Waals surface area (Å²) in [6.45, 7) is 0.359. The second kappa shape index (κ2) is 9.88. The Balaban J connectivity index is 1.55. The van der Waals surface area contributed by atoms with Crippen molar-refractivity contribution in [1.29, 1.82) is 0 Å². The fourth-order valence-electron chi connectivity index (χ4n) is 4.15. The lowest BCUT2D eigenvalue weighted by molar-refractivity contribution is -0.108. The third-order valence-corrected chi connectivity index (χ3v) is 7.82. The van der Waals surface area contributed by atoms with Crippen LogP contribution in [0.1, 0.15) is 38.8 Å². The Morgan fingerprint density at radius 3 is 2.62 bits per heavy atom. The van der Waals surface area contributed by atoms with Gasteiger partial charge in [0.05, 0.1) is 13.2 Å². The Morgan fingerprint density at radius 2 is 1.97 bits per heavy atom. The summed E-state index contributed by atoms with van der Waals surface area (Å²) >= 11 is 6.12. The number of nitrogens with zero attached hydrogens (tertiary/aromatic N) is 5. The normalized spacial score (nSPS) is 28.0. The van der Waals surface area contributed by atoms with Gasteiger partial charge in [0.15, 0.2) is 28.6 Å². The number of halogens is 1. The van der Waals surface area contributed by atoms with E-state index in [1.807, 2.05) is 0 Å². The number of ether oxygens (including phenoxy) is 3. The summed E-state index contributed by atoms with van der Waals surface area (Å²) in [7, 11) is -3.45. The van der Waals surface area contributed by atoms with Crippen molar-refractivity contribution in [2.24, 2.45) is 0 Å². The van der Waals surface area contributed by atoms with Crippen molar-refractivity contribution in [2.45, 2.75) is 68.5 Å². The fourth-order valence-corrected chi connectivity index (χ4v) is 4.85. The molecular formula is C18H28ClN6O8P. The molecule has 5 atom stereocenters. The zero-order valence-corrected chi connectivity index (χ0v) is 20.3. The first-order chi connectivity index (χ1) is 16.0. The van der Waals surface area contributed by atoms with Gasteiger partial charge in [0.1, 0.15) is 18.3 Å². The van der Waals surface area contributed by atoms with Gasteiger partial charge < -0.3 is 39.5 Å². The second-order valence-electron chi connectivity index (χ2n) is 8.68. The maximum Gasteiger partial charge on any atom is 0.359 e. The van der Waals surface area contributed by atoms with Crippen molar-refractivity contribution in [1.82, 2.24) is 25.0 Å². The minimum absolute atomic E-state index is 0.0542. The molecule has 1 saturated carbocycles. The molecule has 1 aliphatic carbocycles. The van der Waals surface area contributed by atoms with Gasteiger partial charge in [-0.2, -0.15) is 14.6 Å². The van der Waals surface area contributed by atoms with E-state index in [4.69, 9.17) is 25.8 Å². The van der Waals surface area contributed by atoms with Crippen LogP contribution < -0.4 is 5.32 Å². The summed E-state index contributed by atoms with van der Waals surface area (Å²) in [5, 5.41) is 30.6. The highest BCUT2D eigenvalue weighted by molar-refractivity contribution is 7.53. The van der Waals surface area contributed by atoms with Gasteiger partial charge in [0.25, 0.3) is 0 Å². The number of rotatable bonds is 9. The van der Waals surface area contributed by atoms with Crippen LogP contribution in [-0.2, 0) is 18.8 Å². The van der Waals surface area contributed by atoms with Crippen LogP contribution in [-0.4, -0.2) is 95.0 Å². The van der Waals surface area contributed by atoms with E-state index in [0.717, 1.165) is 25.7 Å². The predicted octanol–water partition coefficient (Wildman–Crippen LogP) is 0.405. The maximum atomic E-state index is 11.9. The zero-order chi connectivity index (χ0) is 24.7. The average molecular weight is 523 g/mol. The number of aliphatic hydroxyl groups is 2. The van der Waals surface area contributed by atoms with Crippen LogP contribution in [0.4, 0.5) is 5.82 Å². The van der Waals surface area contributed by atoms with Crippen molar-refractivity contribution in [3.63, 3.8) is 0 Å². The Bertz CT molecular complexity index is 1060. The molecule has 2 fully saturated rings. The molecule has 190 valence electrons. The predicted molar refractivity (Wildman–Crippen MR) is 118 cm³/mol. The topological polar surface area (TPSA) is 194 Å². The van der Waals surface area contributed by atoms with Crippen LogP contribution in [0.3, 0.4) is 0 Å². The molecule has 2 aliphatic rings. The molecule has 1 aliphatic heterocycles. The minimum Gasteiger partial charge on any atom is -0.387 e. The van der Waals surface area contributed by atoms with Gasteiger partial charge >= 0.3 is 7.60 Å². The highest BCUT2D eigenvalue weighted by atomic mass is 35.5. The lowest BCUT2D eigenvalue weighted by Crippen LogP contribution is -2.40. The van der Waals surface area contributed by atoms with Gasteiger partial charge in [0, 0.05) is 13.2 Å². The van der Waals surface area contributed by atoms with E-state index in [1.54, 1.807) is 0 Å². The third kappa shape index (κ3) is 4.92. The number of hydrogen-bond donors (Lipinski definition) is 5. The molecule has 16 heteroatoms. The summed E-state index contributed by atoms with van der Waals surface area (Å²) in [6.07, 6.45) is -1.03. The number of anilines is 1. The Labute approximate surface area is 199 Å². The summed E-state index contributed by atoms with van der Waals surface area (Å²) < 4.78 is 29.1. The number of nitrogens with one attached hydrogen (secondary N) is 1. The molecule has 34 heavy (non-hydrogen) atoms. The zero-order valence-electron chi connectivity index (χ0n) is 18.6. The number of aliphatic hydroxyl groups excluding tert-OH is 2. The van der Waals surface area contributed by atoms with Crippen LogP contribution in [0.5, 0.6) is 0 Å². The number of hydrogen-bond acceptors (Lipinski definition) is 11. The quantitative estimate of drug-likeness (QED) is 0.224. The molecule has 0 radical (unpaired) electrons. The van der Waals surface area contributed by atoms with Crippen LogP contribution in [0.2, 0.25) is 5.28 Å². The molecule has 0 aromatic carbocycles. The molecular weight excluding hydrogens is 495 g/mol. The highest BCUT2D eigenvalue weighted by Crippen LogP contribution is 2.51. The Hall–Kier alpha value is -1.48. The molecule has 3 heterocycles. The fraction of sp³-hybridized carbons (Fsp3) is 0.778. The van der Waals surface area contributed by atoms with E-state index in [0.29, 0.717) is 11.3 Å². The van der Waals surface area contributed by atoms with E-state index in [2.05, 4.69) is 25.6 Å². The molecule has 0 amide bonds. The molecule has 0 spiro atoms. The van der Waals surface area contributed by atoms with Crippen molar-refractivity contribution in [3.05, 3.63) is 5.28 Å². The van der Waals surface area contributed by atoms with Gasteiger partial charge in [-0.25, -0.2) is 0 Å². The van der Waals surface area contributed by atoms with Gasteiger partial charge in [-0.1, -0.05) is 18.1 Å². The highest BCUT2D eigenvalue weighted by Gasteiger charge is 2.49. The standard InChI is InChI=1S/C18H28ClN6O8P/c1-18(8-31-2,34(28,29)30)32-7-10-12(26)13(27)16(33-10)25-15-11(23-24-25)14(21-17(19)22-15)20-9-5-3-4-6-9/h9-10,12-13,16,26-27H,3-8H2,1-2H3,(H,20,21,22)(H2,28,29,30)/t10-,12-,13-,16-,18+/m1/s1. The van der Waals surface area contributed by atoms with Crippen molar-refractivity contribution in [2.75, 3.05) is 25.6 Å². The largest absolute Gasteiger partial charge is 0.387 e. The van der Waals surface area contributed by atoms with Crippen LogP contribution in [0.25, 0.3) is 11.2 Å². The summed E-state index contributed by atoms with van der Waals surface area (Å²) in [5.74, 6) is 0.415. The maximum absolute atomic E-state index is 11.9. The molecule has 4 rings (SSSR count). The van der Waals surface area contributed by atoms with E-state index in [1.165, 1.54) is 18.7 Å². The van der Waals surface area contributed by atoms with Crippen LogP contribution >= 0.6 is 19.2 Å². The molecule has 1 saturated heterocycles. The van der Waals surface area contributed by atoms with Crippen molar-refractivity contribution >= 4 is 36.2 Å². The molecule has 2 aromatic heterocycles. The average Bonchev–Trinajstić information content (AvgIpc) is 3.48. The first-order valence-corrected chi connectivity index (χ1v) is 12.8. The van der Waals surface area contributed by atoms with E-state index in [9.17, 15) is 24.6 Å². The van der Waals surface area contributed by atoms with E-state index < -0.39 is 50.7 Å².